The normalized spacial score (nSPS) is 19.8. The Hall–Kier alpha value is -0.410. The number of nitrogens with one attached hydrogen (secondary N) is 1. The predicted octanol–water partition coefficient (Wildman–Crippen LogP) is 0.962. The van der Waals surface area contributed by atoms with Crippen LogP contribution < -0.4 is 5.32 Å². The van der Waals surface area contributed by atoms with Gasteiger partial charge in [0.1, 0.15) is 6.29 Å². The van der Waals surface area contributed by atoms with Crippen LogP contribution in [0, 0.1) is 0 Å². The van der Waals surface area contributed by atoms with Crippen LogP contribution in [0.2, 0.25) is 0 Å². The number of aliphatic hydroxyl groups is 1. The summed E-state index contributed by atoms with van der Waals surface area (Å²) in [5.74, 6) is 0. The molecule has 74 valence electrons. The molecular weight excluding hydrogens is 154 g/mol. The van der Waals surface area contributed by atoms with Crippen LogP contribution in [0.25, 0.3) is 0 Å². The summed E-state index contributed by atoms with van der Waals surface area (Å²) in [5, 5.41) is 11.7. The number of β-amino-alcohol motifs (C(OH)–C–C–N with tert-alkyl or cyclic N) is 1. The highest BCUT2D eigenvalue weighted by Gasteiger charge is 2.08. The molecule has 0 aromatic carbocycles. The lowest BCUT2D eigenvalue weighted by atomic mass is 10.3. The minimum atomic E-state index is -0.0648. The minimum Gasteiger partial charge on any atom is -0.392 e. The van der Waals surface area contributed by atoms with Gasteiger partial charge in [0.05, 0.1) is 6.10 Å². The van der Waals surface area contributed by atoms with Gasteiger partial charge in [-0.25, -0.2) is 0 Å². The number of rotatable bonds is 1. The third-order valence-electron chi connectivity index (χ3n) is 1.20. The van der Waals surface area contributed by atoms with Crippen LogP contribution in [0.4, 0.5) is 0 Å². The zero-order chi connectivity index (χ0) is 9.82. The molecule has 0 spiro atoms. The van der Waals surface area contributed by atoms with Crippen molar-refractivity contribution in [2.75, 3.05) is 13.1 Å². The van der Waals surface area contributed by atoms with Crippen molar-refractivity contribution in [3.63, 3.8) is 0 Å². The quantitative estimate of drug-likeness (QED) is 0.584. The molecule has 1 atom stereocenters. The standard InChI is InChI=1S/C4H9NO.C3H6O.C2H6/c6-4-1-2-5-3-4;1-2-3-4;1-2/h4-6H,1-3H2;3H,2H2,1H3;1-2H3. The van der Waals surface area contributed by atoms with Crippen molar-refractivity contribution >= 4 is 6.29 Å². The summed E-state index contributed by atoms with van der Waals surface area (Å²) in [5.41, 5.74) is 0. The summed E-state index contributed by atoms with van der Waals surface area (Å²) in [4.78, 5) is 9.17. The highest BCUT2D eigenvalue weighted by Crippen LogP contribution is 1.93. The van der Waals surface area contributed by atoms with Crippen molar-refractivity contribution in [1.29, 1.82) is 0 Å². The molecule has 1 rings (SSSR count). The molecule has 0 aromatic heterocycles. The van der Waals surface area contributed by atoms with E-state index in [0.717, 1.165) is 25.8 Å². The number of carbonyl (C=O) groups excluding carboxylic acids is 1. The monoisotopic (exact) mass is 175 g/mol. The van der Waals surface area contributed by atoms with Gasteiger partial charge in [0.25, 0.3) is 0 Å². The first kappa shape index (κ1) is 14.1. The fraction of sp³-hybridized carbons (Fsp3) is 0.889. The Balaban J connectivity index is 0. The van der Waals surface area contributed by atoms with E-state index in [1.807, 2.05) is 20.8 Å². The number of aliphatic hydroxyl groups excluding tert-OH is 1. The third-order valence-corrected chi connectivity index (χ3v) is 1.20. The van der Waals surface area contributed by atoms with E-state index in [1.165, 1.54) is 0 Å². The molecule has 3 heteroatoms. The predicted molar refractivity (Wildman–Crippen MR) is 51.2 cm³/mol. The van der Waals surface area contributed by atoms with E-state index in [-0.39, 0.29) is 6.10 Å². The van der Waals surface area contributed by atoms with Crippen molar-refractivity contribution in [3.8, 4) is 0 Å². The Morgan fingerprint density at radius 3 is 2.17 bits per heavy atom. The summed E-state index contributed by atoms with van der Waals surface area (Å²) < 4.78 is 0. The van der Waals surface area contributed by atoms with Crippen molar-refractivity contribution in [2.24, 2.45) is 0 Å². The highest BCUT2D eigenvalue weighted by atomic mass is 16.3. The number of hydrogen-bond acceptors (Lipinski definition) is 3. The average Bonchev–Trinajstić information content (AvgIpc) is 2.60. The van der Waals surface area contributed by atoms with Crippen LogP contribution in [0.1, 0.15) is 33.6 Å². The lowest BCUT2D eigenvalue weighted by molar-refractivity contribution is -0.107. The first-order valence-electron chi connectivity index (χ1n) is 4.63. The van der Waals surface area contributed by atoms with E-state index in [0.29, 0.717) is 6.42 Å². The van der Waals surface area contributed by atoms with Crippen LogP contribution >= 0.6 is 0 Å². The summed E-state index contributed by atoms with van der Waals surface area (Å²) >= 11 is 0. The maximum absolute atomic E-state index is 9.17. The van der Waals surface area contributed by atoms with E-state index in [4.69, 9.17) is 5.11 Å². The summed E-state index contributed by atoms with van der Waals surface area (Å²) in [6, 6.07) is 0. The molecule has 1 unspecified atom stereocenters. The van der Waals surface area contributed by atoms with Crippen molar-refractivity contribution in [3.05, 3.63) is 0 Å². The molecule has 0 aromatic rings. The van der Waals surface area contributed by atoms with Gasteiger partial charge in [0, 0.05) is 13.0 Å². The van der Waals surface area contributed by atoms with Gasteiger partial charge in [-0.1, -0.05) is 20.8 Å². The Morgan fingerprint density at radius 2 is 2.08 bits per heavy atom. The molecule has 0 saturated carbocycles. The molecule has 1 saturated heterocycles. The second-order valence-electron chi connectivity index (χ2n) is 2.22. The smallest absolute Gasteiger partial charge is 0.119 e. The molecule has 1 aliphatic heterocycles. The molecule has 1 aliphatic rings. The average molecular weight is 175 g/mol. The molecule has 0 amide bonds. The SMILES string of the molecule is CC.CCC=O.OC1CCNC1. The molecule has 0 aliphatic carbocycles. The molecule has 1 fully saturated rings. The Bertz CT molecular complexity index is 80.6. The fourth-order valence-corrected chi connectivity index (χ4v) is 0.639. The lowest BCUT2D eigenvalue weighted by Crippen LogP contribution is -2.11. The second-order valence-corrected chi connectivity index (χ2v) is 2.22. The first-order chi connectivity index (χ1) is 5.81. The van der Waals surface area contributed by atoms with Crippen molar-refractivity contribution in [2.45, 2.75) is 39.7 Å². The molecule has 1 heterocycles. The lowest BCUT2D eigenvalue weighted by Gasteiger charge is -1.90. The Morgan fingerprint density at radius 1 is 1.58 bits per heavy atom. The summed E-state index contributed by atoms with van der Waals surface area (Å²) in [6.45, 7) is 7.59. The molecule has 2 N–H and O–H groups in total. The molecule has 12 heavy (non-hydrogen) atoms. The van der Waals surface area contributed by atoms with Gasteiger partial charge in [0.2, 0.25) is 0 Å². The number of hydrogen-bond donors (Lipinski definition) is 2. The van der Waals surface area contributed by atoms with Gasteiger partial charge in [-0.15, -0.1) is 0 Å². The van der Waals surface area contributed by atoms with Gasteiger partial charge in [-0.2, -0.15) is 0 Å². The van der Waals surface area contributed by atoms with Gasteiger partial charge in [-0.05, 0) is 13.0 Å². The van der Waals surface area contributed by atoms with Crippen molar-refractivity contribution in [1.82, 2.24) is 5.32 Å². The maximum atomic E-state index is 9.17. The van der Waals surface area contributed by atoms with E-state index in [2.05, 4.69) is 5.32 Å². The van der Waals surface area contributed by atoms with E-state index in [9.17, 15) is 4.79 Å². The number of aldehydes is 1. The largest absolute Gasteiger partial charge is 0.392 e. The Labute approximate surface area is 75.2 Å². The fourth-order valence-electron chi connectivity index (χ4n) is 0.639. The highest BCUT2D eigenvalue weighted by molar-refractivity contribution is 5.48. The number of carbonyl (C=O) groups is 1. The maximum Gasteiger partial charge on any atom is 0.119 e. The molecule has 0 bridgehead atoms. The first-order valence-corrected chi connectivity index (χ1v) is 4.63. The van der Waals surface area contributed by atoms with Gasteiger partial charge < -0.3 is 15.2 Å². The van der Waals surface area contributed by atoms with Crippen LogP contribution in [-0.4, -0.2) is 30.6 Å². The van der Waals surface area contributed by atoms with Gasteiger partial charge in [0.15, 0.2) is 0 Å². The summed E-state index contributed by atoms with van der Waals surface area (Å²) in [6.07, 6.45) is 2.38. The zero-order valence-corrected chi connectivity index (χ0v) is 8.34. The van der Waals surface area contributed by atoms with Crippen LogP contribution in [0.5, 0.6) is 0 Å². The van der Waals surface area contributed by atoms with Crippen LogP contribution in [-0.2, 0) is 4.79 Å². The second kappa shape index (κ2) is 13.2. The molecular formula is C9H21NO2. The van der Waals surface area contributed by atoms with Crippen LogP contribution in [0.15, 0.2) is 0 Å². The van der Waals surface area contributed by atoms with E-state index in [1.54, 1.807) is 0 Å². The summed E-state index contributed by atoms with van der Waals surface area (Å²) in [7, 11) is 0. The third kappa shape index (κ3) is 12.3. The molecule has 3 nitrogen and oxygen atoms in total. The van der Waals surface area contributed by atoms with E-state index < -0.39 is 0 Å². The minimum absolute atomic E-state index is 0.0648. The molecule has 0 radical (unpaired) electrons. The van der Waals surface area contributed by atoms with E-state index >= 15 is 0 Å². The Kier molecular flexibility index (Phi) is 15.5. The van der Waals surface area contributed by atoms with Gasteiger partial charge >= 0.3 is 0 Å². The van der Waals surface area contributed by atoms with Crippen molar-refractivity contribution < 1.29 is 9.90 Å². The zero-order valence-electron chi connectivity index (χ0n) is 8.34. The van der Waals surface area contributed by atoms with Gasteiger partial charge in [-0.3, -0.25) is 0 Å². The topological polar surface area (TPSA) is 49.3 Å². The van der Waals surface area contributed by atoms with Crippen LogP contribution in [0.3, 0.4) is 0 Å².